The molecule has 0 bridgehead atoms. The van der Waals surface area contributed by atoms with Crippen LogP contribution in [0.5, 0.6) is 5.75 Å². The van der Waals surface area contributed by atoms with Crippen LogP contribution in [0.4, 0.5) is 0 Å². The smallest absolute Gasteiger partial charge is 0.122 e. The van der Waals surface area contributed by atoms with E-state index in [1.54, 1.807) is 7.11 Å². The Morgan fingerprint density at radius 1 is 1.25 bits per heavy atom. The van der Waals surface area contributed by atoms with Gasteiger partial charge >= 0.3 is 0 Å². The first-order valence-electron chi connectivity index (χ1n) is 5.65. The maximum atomic E-state index is 5.29. The molecule has 0 aliphatic heterocycles. The highest BCUT2D eigenvalue weighted by Gasteiger charge is 2.01. The van der Waals surface area contributed by atoms with E-state index in [-0.39, 0.29) is 0 Å². The quantitative estimate of drug-likeness (QED) is 0.769. The number of benzene rings is 1. The molecule has 0 atom stereocenters. The van der Waals surface area contributed by atoms with E-state index in [1.807, 2.05) is 7.05 Å². The summed E-state index contributed by atoms with van der Waals surface area (Å²) in [6.07, 6.45) is 5.44. The SMILES string of the molecule is CNCCC=Cc1cc(C)c(OC)cc1C. The van der Waals surface area contributed by atoms with Gasteiger partial charge in [0.2, 0.25) is 0 Å². The standard InChI is InChI=1S/C14H21NO/c1-11-10-14(16-4)12(2)9-13(11)7-5-6-8-15-3/h5,7,9-10,15H,6,8H2,1-4H3. The number of rotatable bonds is 5. The lowest BCUT2D eigenvalue weighted by Crippen LogP contribution is -2.05. The minimum atomic E-state index is 0.963. The number of nitrogens with one attached hydrogen (secondary N) is 1. The zero-order valence-electron chi connectivity index (χ0n) is 10.6. The van der Waals surface area contributed by atoms with Crippen LogP contribution in [0.15, 0.2) is 18.2 Å². The molecule has 0 aliphatic carbocycles. The van der Waals surface area contributed by atoms with Gasteiger partial charge in [-0.2, -0.15) is 0 Å². The van der Waals surface area contributed by atoms with E-state index in [1.165, 1.54) is 16.7 Å². The van der Waals surface area contributed by atoms with Crippen molar-refractivity contribution >= 4 is 6.08 Å². The van der Waals surface area contributed by atoms with Crippen molar-refractivity contribution in [1.82, 2.24) is 5.32 Å². The average Bonchev–Trinajstić information content (AvgIpc) is 2.28. The Morgan fingerprint density at radius 3 is 2.62 bits per heavy atom. The topological polar surface area (TPSA) is 21.3 Å². The molecule has 0 aromatic heterocycles. The Balaban J connectivity index is 2.81. The van der Waals surface area contributed by atoms with Crippen LogP contribution >= 0.6 is 0 Å². The normalized spacial score (nSPS) is 11.0. The van der Waals surface area contributed by atoms with Crippen molar-refractivity contribution in [1.29, 1.82) is 0 Å². The third-order valence-corrected chi connectivity index (χ3v) is 2.64. The van der Waals surface area contributed by atoms with Gasteiger partial charge in [0, 0.05) is 0 Å². The molecule has 0 amide bonds. The lowest BCUT2D eigenvalue weighted by atomic mass is 10.0. The summed E-state index contributed by atoms with van der Waals surface area (Å²) in [5, 5.41) is 3.13. The van der Waals surface area contributed by atoms with E-state index < -0.39 is 0 Å². The third kappa shape index (κ3) is 3.38. The molecule has 0 saturated carbocycles. The lowest BCUT2D eigenvalue weighted by Gasteiger charge is -2.08. The predicted octanol–water partition coefficient (Wildman–Crippen LogP) is 2.93. The van der Waals surface area contributed by atoms with Crippen molar-refractivity contribution in [2.45, 2.75) is 20.3 Å². The summed E-state index contributed by atoms with van der Waals surface area (Å²) in [7, 11) is 3.68. The zero-order valence-corrected chi connectivity index (χ0v) is 10.6. The molecule has 16 heavy (non-hydrogen) atoms. The van der Waals surface area contributed by atoms with E-state index >= 15 is 0 Å². The summed E-state index contributed by atoms with van der Waals surface area (Å²) in [5.74, 6) is 0.963. The van der Waals surface area contributed by atoms with Gasteiger partial charge in [-0.15, -0.1) is 0 Å². The Labute approximate surface area is 98.3 Å². The summed E-state index contributed by atoms with van der Waals surface area (Å²) in [4.78, 5) is 0. The second kappa shape index (κ2) is 6.33. The van der Waals surface area contributed by atoms with Gasteiger partial charge in [0.25, 0.3) is 0 Å². The van der Waals surface area contributed by atoms with E-state index in [0.717, 1.165) is 18.7 Å². The first-order valence-corrected chi connectivity index (χ1v) is 5.65. The van der Waals surface area contributed by atoms with Gasteiger partial charge in [-0.05, 0) is 62.7 Å². The highest BCUT2D eigenvalue weighted by molar-refractivity contribution is 5.57. The maximum absolute atomic E-state index is 5.29. The highest BCUT2D eigenvalue weighted by atomic mass is 16.5. The molecular formula is C14H21NO. The van der Waals surface area contributed by atoms with Crippen LogP contribution < -0.4 is 10.1 Å². The van der Waals surface area contributed by atoms with Gasteiger partial charge in [0.1, 0.15) is 5.75 Å². The van der Waals surface area contributed by atoms with Crippen LogP contribution in [0, 0.1) is 13.8 Å². The van der Waals surface area contributed by atoms with Crippen LogP contribution in [-0.4, -0.2) is 20.7 Å². The second-order valence-corrected chi connectivity index (χ2v) is 3.97. The molecule has 0 spiro atoms. The molecule has 88 valence electrons. The van der Waals surface area contributed by atoms with Crippen LogP contribution in [0.25, 0.3) is 6.08 Å². The van der Waals surface area contributed by atoms with Crippen molar-refractivity contribution in [3.63, 3.8) is 0 Å². The Bertz CT molecular complexity index is 369. The van der Waals surface area contributed by atoms with E-state index in [0.29, 0.717) is 0 Å². The molecule has 0 aliphatic rings. The monoisotopic (exact) mass is 219 g/mol. The molecule has 1 rings (SSSR count). The predicted molar refractivity (Wildman–Crippen MR) is 70.0 cm³/mol. The van der Waals surface area contributed by atoms with E-state index in [9.17, 15) is 0 Å². The maximum Gasteiger partial charge on any atom is 0.122 e. The fraction of sp³-hybridized carbons (Fsp3) is 0.429. The molecule has 0 radical (unpaired) electrons. The van der Waals surface area contributed by atoms with Crippen LogP contribution in [0.1, 0.15) is 23.1 Å². The number of aryl methyl sites for hydroxylation is 2. The van der Waals surface area contributed by atoms with Gasteiger partial charge in [0.15, 0.2) is 0 Å². The number of hydrogen-bond donors (Lipinski definition) is 1. The molecule has 0 saturated heterocycles. The van der Waals surface area contributed by atoms with Crippen molar-refractivity contribution in [3.8, 4) is 5.75 Å². The highest BCUT2D eigenvalue weighted by Crippen LogP contribution is 2.23. The van der Waals surface area contributed by atoms with Crippen molar-refractivity contribution in [3.05, 3.63) is 34.9 Å². The Kier molecular flexibility index (Phi) is 5.06. The Hall–Kier alpha value is -1.28. The first kappa shape index (κ1) is 12.8. The third-order valence-electron chi connectivity index (χ3n) is 2.64. The lowest BCUT2D eigenvalue weighted by molar-refractivity contribution is 0.411. The van der Waals surface area contributed by atoms with Gasteiger partial charge in [-0.3, -0.25) is 0 Å². The number of methoxy groups -OCH3 is 1. The summed E-state index contributed by atoms with van der Waals surface area (Å²) in [5.41, 5.74) is 3.71. The van der Waals surface area contributed by atoms with Crippen molar-refractivity contribution in [2.75, 3.05) is 20.7 Å². The largest absolute Gasteiger partial charge is 0.496 e. The average molecular weight is 219 g/mol. The van der Waals surface area contributed by atoms with Gasteiger partial charge < -0.3 is 10.1 Å². The fourth-order valence-electron chi connectivity index (χ4n) is 1.65. The van der Waals surface area contributed by atoms with E-state index in [4.69, 9.17) is 4.74 Å². The summed E-state index contributed by atoms with van der Waals surface area (Å²) in [6.45, 7) is 5.20. The zero-order chi connectivity index (χ0) is 12.0. The number of hydrogen-bond acceptors (Lipinski definition) is 2. The first-order chi connectivity index (χ1) is 7.69. The fourth-order valence-corrected chi connectivity index (χ4v) is 1.65. The summed E-state index contributed by atoms with van der Waals surface area (Å²) >= 11 is 0. The van der Waals surface area contributed by atoms with Crippen LogP contribution in [-0.2, 0) is 0 Å². The molecule has 1 N–H and O–H groups in total. The van der Waals surface area contributed by atoms with Crippen LogP contribution in [0.3, 0.4) is 0 Å². The minimum Gasteiger partial charge on any atom is -0.496 e. The molecule has 0 fully saturated rings. The minimum absolute atomic E-state index is 0.963. The molecule has 2 heteroatoms. The molecule has 2 nitrogen and oxygen atoms in total. The van der Waals surface area contributed by atoms with Crippen molar-refractivity contribution in [2.24, 2.45) is 0 Å². The van der Waals surface area contributed by atoms with Crippen molar-refractivity contribution < 1.29 is 4.74 Å². The summed E-state index contributed by atoms with van der Waals surface area (Å²) < 4.78 is 5.29. The van der Waals surface area contributed by atoms with Gasteiger partial charge in [-0.25, -0.2) is 0 Å². The number of ether oxygens (including phenoxy) is 1. The Morgan fingerprint density at radius 2 is 2.00 bits per heavy atom. The van der Waals surface area contributed by atoms with Crippen LogP contribution in [0.2, 0.25) is 0 Å². The summed E-state index contributed by atoms with van der Waals surface area (Å²) in [6, 6.07) is 4.26. The molecule has 0 heterocycles. The molecule has 1 aromatic carbocycles. The second-order valence-electron chi connectivity index (χ2n) is 3.97. The molecule has 1 aromatic rings. The van der Waals surface area contributed by atoms with Gasteiger partial charge in [0.05, 0.1) is 7.11 Å². The van der Waals surface area contributed by atoms with Gasteiger partial charge in [-0.1, -0.05) is 12.2 Å². The molecule has 0 unspecified atom stereocenters. The molecular weight excluding hydrogens is 198 g/mol. The van der Waals surface area contributed by atoms with E-state index in [2.05, 4.69) is 43.4 Å².